The topological polar surface area (TPSA) is 55.2 Å². The fourth-order valence-corrected chi connectivity index (χ4v) is 1.83. The van der Waals surface area contributed by atoms with Crippen molar-refractivity contribution in [2.75, 3.05) is 0 Å². The molecule has 0 radical (unpaired) electrons. The summed E-state index contributed by atoms with van der Waals surface area (Å²) in [6.07, 6.45) is 2.27. The summed E-state index contributed by atoms with van der Waals surface area (Å²) in [7, 11) is 0. The van der Waals surface area contributed by atoms with Crippen molar-refractivity contribution in [1.82, 2.24) is 9.97 Å². The molecule has 14 heavy (non-hydrogen) atoms. The molecule has 0 saturated carbocycles. The second-order valence-corrected chi connectivity index (χ2v) is 7.76. The van der Waals surface area contributed by atoms with Crippen LogP contribution in [0, 0.1) is 6.92 Å². The third kappa shape index (κ3) is 3.53. The number of hydrogen-bond acceptors (Lipinski definition) is 4. The van der Waals surface area contributed by atoms with Crippen LogP contribution in [0.15, 0.2) is 6.20 Å². The molecular formula is C7H11N2O2PS2. The van der Waals surface area contributed by atoms with E-state index >= 15 is 0 Å². The summed E-state index contributed by atoms with van der Waals surface area (Å²) >= 11 is 8.41. The van der Waals surface area contributed by atoms with Crippen LogP contribution in [0.25, 0.3) is 0 Å². The molecule has 1 heterocycles. The van der Waals surface area contributed by atoms with E-state index in [1.165, 1.54) is 6.20 Å². The molecule has 0 aliphatic heterocycles. The molecule has 4 nitrogen and oxygen atoms in total. The van der Waals surface area contributed by atoms with Gasteiger partial charge in [0.05, 0.1) is 11.9 Å². The van der Waals surface area contributed by atoms with Gasteiger partial charge in [0.2, 0.25) is 0 Å². The van der Waals surface area contributed by atoms with E-state index in [9.17, 15) is 4.89 Å². The van der Waals surface area contributed by atoms with Crippen molar-refractivity contribution in [3.63, 3.8) is 0 Å². The lowest BCUT2D eigenvalue weighted by Gasteiger charge is -2.12. The van der Waals surface area contributed by atoms with Crippen molar-refractivity contribution in [1.29, 1.82) is 0 Å². The zero-order valence-electron chi connectivity index (χ0n) is 7.84. The predicted octanol–water partition coefficient (Wildman–Crippen LogP) is 1.87. The van der Waals surface area contributed by atoms with Gasteiger partial charge in [-0.05, 0) is 18.7 Å². The average molecular weight is 250 g/mol. The lowest BCUT2D eigenvalue weighted by molar-refractivity contribution is 0.498. The van der Waals surface area contributed by atoms with E-state index in [1.807, 2.05) is 6.92 Å². The van der Waals surface area contributed by atoms with Crippen LogP contribution in [0.4, 0.5) is 0 Å². The molecule has 0 aromatic carbocycles. The minimum Gasteiger partial charge on any atom is -0.433 e. The molecule has 0 fully saturated rings. The van der Waals surface area contributed by atoms with E-state index in [0.29, 0.717) is 11.4 Å². The molecule has 1 N–H and O–H groups in total. The van der Waals surface area contributed by atoms with Gasteiger partial charge < -0.3 is 9.42 Å². The molecule has 0 spiro atoms. The summed E-state index contributed by atoms with van der Waals surface area (Å²) in [5.74, 6) is 1.13. The van der Waals surface area contributed by atoms with Gasteiger partial charge in [0.25, 0.3) is 5.69 Å². The number of rotatable bonds is 3. The van der Waals surface area contributed by atoms with Gasteiger partial charge in [-0.25, -0.2) is 9.97 Å². The van der Waals surface area contributed by atoms with Crippen molar-refractivity contribution in [2.24, 2.45) is 0 Å². The standard InChI is InChI=1S/C7H11N2O2PS2/c1-3-7-8-4-6(5(2)9-7)11-12(10,13)14/h4H,3H2,1-2H3,(H2,10,13,14). The van der Waals surface area contributed by atoms with Gasteiger partial charge in [-0.15, -0.1) is 0 Å². The number of hydrogen-bond donors (Lipinski definition) is 2. The fraction of sp³-hybridized carbons (Fsp3) is 0.429. The molecule has 0 aliphatic rings. The third-order valence-electron chi connectivity index (χ3n) is 1.52. The Balaban J connectivity index is 2.95. The Kier molecular flexibility index (Phi) is 3.89. The molecule has 78 valence electrons. The maximum absolute atomic E-state index is 9.23. The number of thiol groups is 1. The first-order valence-corrected chi connectivity index (χ1v) is 7.82. The molecule has 0 saturated heterocycles. The predicted molar refractivity (Wildman–Crippen MR) is 62.3 cm³/mol. The Morgan fingerprint density at radius 1 is 1.71 bits per heavy atom. The zero-order chi connectivity index (χ0) is 10.8. The summed E-state index contributed by atoms with van der Waals surface area (Å²) in [4.78, 5) is 17.4. The smallest absolute Gasteiger partial charge is 0.291 e. The summed E-state index contributed by atoms with van der Waals surface area (Å²) in [6.45, 7) is 3.74. The quantitative estimate of drug-likeness (QED) is 0.633. The molecule has 1 atom stereocenters. The van der Waals surface area contributed by atoms with E-state index < -0.39 is 5.69 Å². The summed E-state index contributed by atoms with van der Waals surface area (Å²) in [5, 5.41) is 0. The van der Waals surface area contributed by atoms with Crippen LogP contribution >= 0.6 is 17.9 Å². The third-order valence-corrected chi connectivity index (χ3v) is 2.42. The van der Waals surface area contributed by atoms with Gasteiger partial charge in [0.15, 0.2) is 5.75 Å². The lowest BCUT2D eigenvalue weighted by atomic mass is 10.4. The molecule has 1 unspecified atom stereocenters. The van der Waals surface area contributed by atoms with Crippen LogP contribution in [0.2, 0.25) is 0 Å². The summed E-state index contributed by atoms with van der Waals surface area (Å²) < 4.78 is 5.05. The zero-order valence-corrected chi connectivity index (χ0v) is 10.4. The molecule has 1 rings (SSSR count). The Bertz CT molecular complexity index is 380. The van der Waals surface area contributed by atoms with Gasteiger partial charge in [0, 0.05) is 6.42 Å². The molecule has 1 aromatic heterocycles. The van der Waals surface area contributed by atoms with E-state index in [1.54, 1.807) is 6.92 Å². The van der Waals surface area contributed by atoms with E-state index in [-0.39, 0.29) is 0 Å². The average Bonchev–Trinajstić information content (AvgIpc) is 2.06. The highest BCUT2D eigenvalue weighted by Crippen LogP contribution is 2.47. The van der Waals surface area contributed by atoms with Crippen LogP contribution in [-0.4, -0.2) is 14.9 Å². The van der Waals surface area contributed by atoms with E-state index in [4.69, 9.17) is 4.52 Å². The molecule has 0 bridgehead atoms. The van der Waals surface area contributed by atoms with Crippen molar-refractivity contribution in [3.8, 4) is 5.75 Å². The van der Waals surface area contributed by atoms with Crippen molar-refractivity contribution < 1.29 is 9.42 Å². The molecule has 1 aromatic rings. The largest absolute Gasteiger partial charge is 0.433 e. The Labute approximate surface area is 93.1 Å². The monoisotopic (exact) mass is 250 g/mol. The first-order valence-electron chi connectivity index (χ1n) is 4.00. The van der Waals surface area contributed by atoms with Crippen LogP contribution in [0.5, 0.6) is 5.75 Å². The minimum atomic E-state index is -2.99. The Hall–Kier alpha value is -0.160. The minimum absolute atomic E-state index is 0.392. The first-order chi connectivity index (χ1) is 6.42. The second-order valence-electron chi connectivity index (χ2n) is 2.67. The Morgan fingerprint density at radius 2 is 2.36 bits per heavy atom. The van der Waals surface area contributed by atoms with Crippen LogP contribution in [0.3, 0.4) is 0 Å². The van der Waals surface area contributed by atoms with Crippen LogP contribution in [-0.2, 0) is 18.2 Å². The highest BCUT2D eigenvalue weighted by Gasteiger charge is 2.11. The van der Waals surface area contributed by atoms with Crippen LogP contribution in [0.1, 0.15) is 18.4 Å². The molecule has 7 heteroatoms. The van der Waals surface area contributed by atoms with Gasteiger partial charge in [-0.2, -0.15) is 0 Å². The van der Waals surface area contributed by atoms with Gasteiger partial charge >= 0.3 is 0 Å². The van der Waals surface area contributed by atoms with E-state index in [2.05, 4.69) is 34.0 Å². The lowest BCUT2D eigenvalue weighted by Crippen LogP contribution is -1.98. The normalized spacial score (nSPS) is 14.9. The van der Waals surface area contributed by atoms with Gasteiger partial charge in [-0.3, -0.25) is 0 Å². The summed E-state index contributed by atoms with van der Waals surface area (Å²) in [6, 6.07) is 0. The maximum atomic E-state index is 9.23. The molecule has 0 aliphatic carbocycles. The maximum Gasteiger partial charge on any atom is 0.291 e. The summed E-state index contributed by atoms with van der Waals surface area (Å²) in [5.41, 5.74) is -2.33. The fourth-order valence-electron chi connectivity index (χ4n) is 0.892. The van der Waals surface area contributed by atoms with Crippen molar-refractivity contribution in [2.45, 2.75) is 20.3 Å². The highest BCUT2D eigenvalue weighted by molar-refractivity contribution is 8.59. The first kappa shape index (κ1) is 11.9. The van der Waals surface area contributed by atoms with Crippen LogP contribution < -0.4 is 4.52 Å². The molecule has 0 amide bonds. The number of nitrogens with zero attached hydrogens (tertiary/aromatic N) is 2. The molecular weight excluding hydrogens is 239 g/mol. The highest BCUT2D eigenvalue weighted by atomic mass is 32.9. The van der Waals surface area contributed by atoms with Crippen molar-refractivity contribution in [3.05, 3.63) is 17.7 Å². The number of aryl methyl sites for hydroxylation is 2. The van der Waals surface area contributed by atoms with Gasteiger partial charge in [0.1, 0.15) is 5.82 Å². The second kappa shape index (κ2) is 4.57. The van der Waals surface area contributed by atoms with E-state index in [0.717, 1.165) is 12.2 Å². The SMILES string of the molecule is CCc1ncc(OP(O)(=S)S)c(C)n1. The van der Waals surface area contributed by atoms with Gasteiger partial charge in [-0.1, -0.05) is 19.2 Å². The van der Waals surface area contributed by atoms with Crippen molar-refractivity contribution >= 4 is 29.7 Å². The number of aromatic nitrogens is 2. The Morgan fingerprint density at radius 3 is 2.79 bits per heavy atom.